The second-order valence-electron chi connectivity index (χ2n) is 7.22. The predicted octanol–water partition coefficient (Wildman–Crippen LogP) is 3.48. The maximum atomic E-state index is 12.1. The van der Waals surface area contributed by atoms with Crippen molar-refractivity contribution in [2.24, 2.45) is 17.8 Å². The smallest absolute Gasteiger partial charge is 0.311 e. The van der Waals surface area contributed by atoms with E-state index < -0.39 is 0 Å². The maximum absolute atomic E-state index is 12.1. The standard InChI is InChI=1S/C20H30O4/c1-14(2)11-23-19-16(4)24-20(21)15(3)12-22-13-18(19)10-17-8-6-5-7-9-17/h5-9,14-16,18-19H,10-13H2,1-4H3/t15-,16-,18-,19-/m0/s1. The summed E-state index contributed by atoms with van der Waals surface area (Å²) >= 11 is 0. The van der Waals surface area contributed by atoms with Crippen molar-refractivity contribution < 1.29 is 19.0 Å². The van der Waals surface area contributed by atoms with E-state index in [0.717, 1.165) is 6.42 Å². The summed E-state index contributed by atoms with van der Waals surface area (Å²) in [5, 5.41) is 0. The molecule has 4 atom stereocenters. The van der Waals surface area contributed by atoms with Crippen molar-refractivity contribution in [2.45, 2.75) is 46.3 Å². The molecule has 0 saturated carbocycles. The molecule has 134 valence electrons. The quantitative estimate of drug-likeness (QED) is 0.773. The lowest BCUT2D eigenvalue weighted by atomic mass is 9.91. The van der Waals surface area contributed by atoms with Crippen LogP contribution in [-0.2, 0) is 25.4 Å². The van der Waals surface area contributed by atoms with Gasteiger partial charge in [-0.2, -0.15) is 0 Å². The van der Waals surface area contributed by atoms with Gasteiger partial charge in [-0.3, -0.25) is 4.79 Å². The highest BCUT2D eigenvalue weighted by atomic mass is 16.6. The molecule has 2 rings (SSSR count). The number of ether oxygens (including phenoxy) is 3. The largest absolute Gasteiger partial charge is 0.460 e. The van der Waals surface area contributed by atoms with Crippen LogP contribution in [0.2, 0.25) is 0 Å². The monoisotopic (exact) mass is 334 g/mol. The van der Waals surface area contributed by atoms with Gasteiger partial charge in [0.15, 0.2) is 0 Å². The third-order valence-corrected chi connectivity index (χ3v) is 4.29. The molecule has 0 N–H and O–H groups in total. The first-order valence-corrected chi connectivity index (χ1v) is 8.91. The van der Waals surface area contributed by atoms with E-state index in [2.05, 4.69) is 26.0 Å². The van der Waals surface area contributed by atoms with Gasteiger partial charge < -0.3 is 14.2 Å². The molecule has 1 aromatic rings. The summed E-state index contributed by atoms with van der Waals surface area (Å²) in [6.07, 6.45) is 0.399. The zero-order valence-corrected chi connectivity index (χ0v) is 15.2. The number of esters is 1. The Kier molecular flexibility index (Phi) is 7.25. The maximum Gasteiger partial charge on any atom is 0.311 e. The lowest BCUT2D eigenvalue weighted by Gasteiger charge is -2.31. The number of hydrogen-bond donors (Lipinski definition) is 0. The van der Waals surface area contributed by atoms with Gasteiger partial charge in [-0.15, -0.1) is 0 Å². The Hall–Kier alpha value is -1.39. The van der Waals surface area contributed by atoms with Gasteiger partial charge in [0.05, 0.1) is 25.2 Å². The van der Waals surface area contributed by atoms with Crippen LogP contribution in [0.4, 0.5) is 0 Å². The average Bonchev–Trinajstić information content (AvgIpc) is 2.58. The Bertz CT molecular complexity index is 500. The molecule has 0 amide bonds. The van der Waals surface area contributed by atoms with Crippen LogP contribution in [0.15, 0.2) is 30.3 Å². The first-order valence-electron chi connectivity index (χ1n) is 8.91. The summed E-state index contributed by atoms with van der Waals surface area (Å²) < 4.78 is 17.6. The van der Waals surface area contributed by atoms with Gasteiger partial charge in [0.25, 0.3) is 0 Å². The molecule has 4 heteroatoms. The van der Waals surface area contributed by atoms with Crippen molar-refractivity contribution in [1.82, 2.24) is 0 Å². The van der Waals surface area contributed by atoms with E-state index in [4.69, 9.17) is 14.2 Å². The van der Waals surface area contributed by atoms with Gasteiger partial charge in [-0.25, -0.2) is 0 Å². The van der Waals surface area contributed by atoms with Crippen LogP contribution in [-0.4, -0.2) is 38.0 Å². The molecule has 0 spiro atoms. The fourth-order valence-corrected chi connectivity index (χ4v) is 2.98. The Balaban J connectivity index is 2.17. The molecule has 0 unspecified atom stereocenters. The fraction of sp³-hybridized carbons (Fsp3) is 0.650. The number of cyclic esters (lactones) is 1. The van der Waals surface area contributed by atoms with Gasteiger partial charge >= 0.3 is 5.97 Å². The second-order valence-corrected chi connectivity index (χ2v) is 7.22. The predicted molar refractivity (Wildman–Crippen MR) is 93.8 cm³/mol. The highest BCUT2D eigenvalue weighted by molar-refractivity contribution is 5.72. The minimum Gasteiger partial charge on any atom is -0.460 e. The van der Waals surface area contributed by atoms with E-state index in [0.29, 0.717) is 25.7 Å². The Labute approximate surface area is 145 Å². The van der Waals surface area contributed by atoms with Crippen LogP contribution in [0.25, 0.3) is 0 Å². The summed E-state index contributed by atoms with van der Waals surface area (Å²) in [6, 6.07) is 10.3. The minimum atomic E-state index is -0.283. The van der Waals surface area contributed by atoms with Crippen LogP contribution in [0.3, 0.4) is 0 Å². The molecule has 1 aliphatic rings. The third kappa shape index (κ3) is 5.60. The van der Waals surface area contributed by atoms with Crippen molar-refractivity contribution in [3.8, 4) is 0 Å². The molecular formula is C20H30O4. The Morgan fingerprint density at radius 2 is 1.88 bits per heavy atom. The van der Waals surface area contributed by atoms with E-state index in [-0.39, 0.29) is 30.0 Å². The normalized spacial score (nSPS) is 28.8. The van der Waals surface area contributed by atoms with Crippen molar-refractivity contribution in [1.29, 1.82) is 0 Å². The van der Waals surface area contributed by atoms with E-state index in [1.54, 1.807) is 0 Å². The van der Waals surface area contributed by atoms with E-state index in [9.17, 15) is 4.79 Å². The van der Waals surface area contributed by atoms with E-state index in [1.807, 2.05) is 32.0 Å². The summed E-state index contributed by atoms with van der Waals surface area (Å²) in [7, 11) is 0. The molecule has 24 heavy (non-hydrogen) atoms. The van der Waals surface area contributed by atoms with Gasteiger partial charge in [-0.1, -0.05) is 44.2 Å². The molecule has 1 aromatic carbocycles. The van der Waals surface area contributed by atoms with Crippen molar-refractivity contribution >= 4 is 5.97 Å². The number of carbonyl (C=O) groups excluding carboxylic acids is 1. The number of rotatable bonds is 5. The van der Waals surface area contributed by atoms with Crippen LogP contribution >= 0.6 is 0 Å². The second kappa shape index (κ2) is 9.19. The van der Waals surface area contributed by atoms with Crippen LogP contribution in [0.1, 0.15) is 33.3 Å². The first-order chi connectivity index (χ1) is 11.5. The SMILES string of the molecule is CC(C)CO[C@@H]1[C@@H](Cc2ccccc2)COC[C@H](C)C(=O)O[C@H]1C. The average molecular weight is 334 g/mol. The molecule has 1 fully saturated rings. The van der Waals surface area contributed by atoms with E-state index >= 15 is 0 Å². The number of hydrogen-bond acceptors (Lipinski definition) is 4. The van der Waals surface area contributed by atoms with Gasteiger partial charge in [-0.05, 0) is 31.7 Å². The molecule has 1 aliphatic heterocycles. The van der Waals surface area contributed by atoms with Gasteiger partial charge in [0.2, 0.25) is 0 Å². The first kappa shape index (κ1) is 18.9. The van der Waals surface area contributed by atoms with Crippen LogP contribution < -0.4 is 0 Å². The summed E-state index contributed by atoms with van der Waals surface area (Å²) in [4.78, 5) is 12.1. The Morgan fingerprint density at radius 3 is 2.54 bits per heavy atom. The van der Waals surface area contributed by atoms with Gasteiger partial charge in [0, 0.05) is 12.5 Å². The molecule has 0 bridgehead atoms. The molecule has 4 nitrogen and oxygen atoms in total. The molecule has 0 radical (unpaired) electrons. The van der Waals surface area contributed by atoms with Crippen molar-refractivity contribution in [3.05, 3.63) is 35.9 Å². The van der Waals surface area contributed by atoms with Crippen molar-refractivity contribution in [2.75, 3.05) is 19.8 Å². The van der Waals surface area contributed by atoms with Crippen LogP contribution in [0, 0.1) is 17.8 Å². The zero-order valence-electron chi connectivity index (χ0n) is 15.2. The number of benzene rings is 1. The highest BCUT2D eigenvalue weighted by Crippen LogP contribution is 2.24. The third-order valence-electron chi connectivity index (χ3n) is 4.29. The summed E-state index contributed by atoms with van der Waals surface area (Å²) in [5.74, 6) is 0.131. The molecule has 1 saturated heterocycles. The fourth-order valence-electron chi connectivity index (χ4n) is 2.98. The van der Waals surface area contributed by atoms with Crippen LogP contribution in [0.5, 0.6) is 0 Å². The lowest BCUT2D eigenvalue weighted by Crippen LogP contribution is -2.40. The highest BCUT2D eigenvalue weighted by Gasteiger charge is 2.33. The summed E-state index contributed by atoms with van der Waals surface area (Å²) in [6.45, 7) is 9.63. The van der Waals surface area contributed by atoms with Crippen molar-refractivity contribution in [3.63, 3.8) is 0 Å². The number of carbonyl (C=O) groups is 1. The molecule has 1 heterocycles. The molecule has 0 aliphatic carbocycles. The Morgan fingerprint density at radius 1 is 1.17 bits per heavy atom. The summed E-state index contributed by atoms with van der Waals surface area (Å²) in [5.41, 5.74) is 1.25. The molecule has 0 aromatic heterocycles. The van der Waals surface area contributed by atoms with Gasteiger partial charge in [0.1, 0.15) is 6.10 Å². The minimum absolute atomic E-state index is 0.152. The molecular weight excluding hydrogens is 304 g/mol. The topological polar surface area (TPSA) is 44.8 Å². The zero-order chi connectivity index (χ0) is 17.5. The van der Waals surface area contributed by atoms with E-state index in [1.165, 1.54) is 5.56 Å². The lowest BCUT2D eigenvalue weighted by molar-refractivity contribution is -0.162.